The van der Waals surface area contributed by atoms with Gasteiger partial charge in [0.05, 0.1) is 0 Å². The van der Waals surface area contributed by atoms with Gasteiger partial charge in [0.25, 0.3) is 0 Å². The van der Waals surface area contributed by atoms with Crippen LogP contribution in [-0.2, 0) is 4.57 Å². The quantitative estimate of drug-likeness (QED) is 0.635. The third kappa shape index (κ3) is 3.08. The van der Waals surface area contributed by atoms with Crippen LogP contribution in [0.2, 0.25) is 0 Å². The SMILES string of the molecule is C[C@@H](c1ccccc1)N(C)P(=O)(c1ccccc1)c1ccccc1. The van der Waals surface area contributed by atoms with E-state index in [1.54, 1.807) is 0 Å². The number of hydrogen-bond donors (Lipinski definition) is 0. The molecule has 0 heterocycles. The van der Waals surface area contributed by atoms with Crippen LogP contribution in [-0.4, -0.2) is 11.7 Å². The van der Waals surface area contributed by atoms with Gasteiger partial charge in [0.1, 0.15) is 0 Å². The van der Waals surface area contributed by atoms with Gasteiger partial charge >= 0.3 is 0 Å². The first-order valence-electron chi connectivity index (χ1n) is 8.13. The first-order valence-corrected chi connectivity index (χ1v) is 9.79. The molecule has 0 saturated carbocycles. The lowest BCUT2D eigenvalue weighted by atomic mass is 10.1. The fraction of sp³-hybridized carbons (Fsp3) is 0.143. The van der Waals surface area contributed by atoms with Crippen LogP contribution in [0.4, 0.5) is 0 Å². The maximum absolute atomic E-state index is 14.3. The minimum absolute atomic E-state index is 0.0393. The zero-order valence-corrected chi connectivity index (χ0v) is 14.9. The number of benzene rings is 3. The maximum Gasteiger partial charge on any atom is 0.207 e. The molecule has 2 nitrogen and oxygen atoms in total. The number of nitrogens with zero attached hydrogens (tertiary/aromatic N) is 1. The van der Waals surface area contributed by atoms with Crippen molar-refractivity contribution in [2.24, 2.45) is 0 Å². The van der Waals surface area contributed by atoms with Gasteiger partial charge in [0, 0.05) is 16.7 Å². The molecule has 0 N–H and O–H groups in total. The van der Waals surface area contributed by atoms with Crippen LogP contribution < -0.4 is 10.6 Å². The average Bonchev–Trinajstić information content (AvgIpc) is 2.68. The Hall–Kier alpha value is -2.15. The van der Waals surface area contributed by atoms with Crippen LogP contribution in [0, 0.1) is 0 Å². The van der Waals surface area contributed by atoms with Gasteiger partial charge < -0.3 is 0 Å². The predicted octanol–water partition coefficient (Wildman–Crippen LogP) is 4.61. The standard InChI is InChI=1S/C21H22NOP/c1-18(19-12-6-3-7-13-19)22(2)24(23,20-14-8-4-9-15-20)21-16-10-5-11-17-21/h3-18H,1-2H3/t18-/m0/s1. The topological polar surface area (TPSA) is 20.3 Å². The van der Waals surface area contributed by atoms with Crippen molar-refractivity contribution in [2.75, 3.05) is 7.05 Å². The summed E-state index contributed by atoms with van der Waals surface area (Å²) in [5, 5.41) is 1.72. The molecule has 0 fully saturated rings. The summed E-state index contributed by atoms with van der Waals surface area (Å²) in [6.07, 6.45) is 0. The van der Waals surface area contributed by atoms with Crippen LogP contribution in [0.1, 0.15) is 18.5 Å². The molecular weight excluding hydrogens is 313 g/mol. The Labute approximate surface area is 144 Å². The maximum atomic E-state index is 14.3. The summed E-state index contributed by atoms with van der Waals surface area (Å²) in [5.74, 6) is 0. The van der Waals surface area contributed by atoms with Gasteiger partial charge in [-0.25, -0.2) is 4.67 Å². The van der Waals surface area contributed by atoms with Crippen molar-refractivity contribution in [1.82, 2.24) is 4.67 Å². The highest BCUT2D eigenvalue weighted by molar-refractivity contribution is 7.76. The van der Waals surface area contributed by atoms with E-state index in [1.165, 1.54) is 0 Å². The molecule has 0 amide bonds. The lowest BCUT2D eigenvalue weighted by Crippen LogP contribution is -2.31. The summed E-state index contributed by atoms with van der Waals surface area (Å²) < 4.78 is 16.3. The van der Waals surface area contributed by atoms with Crippen LogP contribution >= 0.6 is 7.29 Å². The predicted molar refractivity (Wildman–Crippen MR) is 102 cm³/mol. The highest BCUT2D eigenvalue weighted by atomic mass is 31.2. The lowest BCUT2D eigenvalue weighted by molar-refractivity contribution is 0.408. The Kier molecular flexibility index (Phi) is 4.99. The zero-order chi connectivity index (χ0) is 17.0. The van der Waals surface area contributed by atoms with Gasteiger partial charge in [-0.2, -0.15) is 0 Å². The monoisotopic (exact) mass is 335 g/mol. The van der Waals surface area contributed by atoms with Crippen LogP contribution in [0.15, 0.2) is 91.0 Å². The molecule has 24 heavy (non-hydrogen) atoms. The second kappa shape index (κ2) is 7.17. The molecule has 1 atom stereocenters. The molecule has 0 spiro atoms. The molecule has 0 aliphatic heterocycles. The van der Waals surface area contributed by atoms with Gasteiger partial charge in [-0.05, 0) is 43.8 Å². The summed E-state index contributed by atoms with van der Waals surface area (Å²) in [5.41, 5.74) is 1.16. The minimum Gasteiger partial charge on any atom is -0.296 e. The average molecular weight is 335 g/mol. The summed E-state index contributed by atoms with van der Waals surface area (Å²) >= 11 is 0. The molecule has 3 heteroatoms. The minimum atomic E-state index is -2.90. The van der Waals surface area contributed by atoms with Gasteiger partial charge in [0.15, 0.2) is 0 Å². The van der Waals surface area contributed by atoms with Crippen molar-refractivity contribution in [1.29, 1.82) is 0 Å². The van der Waals surface area contributed by atoms with E-state index in [-0.39, 0.29) is 6.04 Å². The summed E-state index contributed by atoms with van der Waals surface area (Å²) in [4.78, 5) is 0. The van der Waals surface area contributed by atoms with Crippen molar-refractivity contribution in [3.8, 4) is 0 Å². The van der Waals surface area contributed by atoms with E-state index in [1.807, 2.05) is 90.6 Å². The van der Waals surface area contributed by atoms with Crippen molar-refractivity contribution in [3.05, 3.63) is 96.6 Å². The van der Waals surface area contributed by atoms with Crippen molar-refractivity contribution in [3.63, 3.8) is 0 Å². The molecule has 122 valence electrons. The van der Waals surface area contributed by atoms with E-state index < -0.39 is 7.29 Å². The Morgan fingerprint density at radius 3 is 1.50 bits per heavy atom. The summed E-state index contributed by atoms with van der Waals surface area (Å²) in [7, 11) is -0.947. The Bertz CT molecular complexity index is 775. The molecule has 3 rings (SSSR count). The first-order chi connectivity index (χ1) is 11.6. The van der Waals surface area contributed by atoms with Gasteiger partial charge in [-0.3, -0.25) is 4.57 Å². The highest BCUT2D eigenvalue weighted by Crippen LogP contribution is 2.50. The van der Waals surface area contributed by atoms with Gasteiger partial charge in [-0.15, -0.1) is 0 Å². The van der Waals surface area contributed by atoms with E-state index in [0.29, 0.717) is 0 Å². The summed E-state index contributed by atoms with van der Waals surface area (Å²) in [6.45, 7) is 2.11. The molecule has 3 aromatic carbocycles. The van der Waals surface area contributed by atoms with Gasteiger partial charge in [-0.1, -0.05) is 66.7 Å². The summed E-state index contributed by atoms with van der Waals surface area (Å²) in [6, 6.07) is 29.8. The fourth-order valence-electron chi connectivity index (χ4n) is 2.96. The Balaban J connectivity index is 2.11. The van der Waals surface area contributed by atoms with Crippen LogP contribution in [0.5, 0.6) is 0 Å². The molecule has 3 aromatic rings. The Morgan fingerprint density at radius 1 is 0.708 bits per heavy atom. The second-order valence-electron chi connectivity index (χ2n) is 5.91. The molecule has 0 saturated heterocycles. The molecular formula is C21H22NOP. The van der Waals surface area contributed by atoms with E-state index in [0.717, 1.165) is 16.2 Å². The Morgan fingerprint density at radius 2 is 1.08 bits per heavy atom. The van der Waals surface area contributed by atoms with E-state index in [9.17, 15) is 4.57 Å². The lowest BCUT2D eigenvalue weighted by Gasteiger charge is -2.34. The van der Waals surface area contributed by atoms with Crippen LogP contribution in [0.3, 0.4) is 0 Å². The molecule has 0 bridgehead atoms. The molecule has 0 aromatic heterocycles. The van der Waals surface area contributed by atoms with E-state index in [4.69, 9.17) is 0 Å². The fourth-order valence-corrected chi connectivity index (χ4v) is 5.77. The largest absolute Gasteiger partial charge is 0.296 e. The van der Waals surface area contributed by atoms with Crippen molar-refractivity contribution < 1.29 is 4.57 Å². The number of hydrogen-bond acceptors (Lipinski definition) is 1. The first kappa shape index (κ1) is 16.7. The van der Waals surface area contributed by atoms with E-state index in [2.05, 4.69) is 19.1 Å². The molecule has 0 unspecified atom stereocenters. The van der Waals surface area contributed by atoms with Crippen molar-refractivity contribution >= 4 is 17.9 Å². The number of rotatable bonds is 5. The second-order valence-corrected chi connectivity index (χ2v) is 8.72. The molecule has 0 aliphatic rings. The molecule has 0 radical (unpaired) electrons. The van der Waals surface area contributed by atoms with E-state index >= 15 is 0 Å². The third-order valence-corrected chi connectivity index (χ3v) is 7.73. The third-order valence-electron chi connectivity index (χ3n) is 4.50. The zero-order valence-electron chi connectivity index (χ0n) is 14.0. The molecule has 0 aliphatic carbocycles. The smallest absolute Gasteiger partial charge is 0.207 e. The van der Waals surface area contributed by atoms with Gasteiger partial charge in [0.2, 0.25) is 7.29 Å². The highest BCUT2D eigenvalue weighted by Gasteiger charge is 2.35. The normalized spacial score (nSPS) is 13.0. The van der Waals surface area contributed by atoms with Crippen LogP contribution in [0.25, 0.3) is 0 Å². The van der Waals surface area contributed by atoms with Crippen molar-refractivity contribution in [2.45, 2.75) is 13.0 Å².